The molecule has 1 aliphatic carbocycles. The lowest BCUT2D eigenvalue weighted by atomic mass is 9.73. The van der Waals surface area contributed by atoms with E-state index in [1.807, 2.05) is 32.9 Å². The summed E-state index contributed by atoms with van der Waals surface area (Å²) in [5, 5.41) is 27.5. The molecule has 9 heteroatoms. The van der Waals surface area contributed by atoms with Crippen molar-refractivity contribution in [2.75, 3.05) is 5.32 Å². The van der Waals surface area contributed by atoms with E-state index in [-0.39, 0.29) is 17.5 Å². The van der Waals surface area contributed by atoms with Gasteiger partial charge in [-0.25, -0.2) is 0 Å². The molecule has 0 radical (unpaired) electrons. The van der Waals surface area contributed by atoms with Gasteiger partial charge in [0.15, 0.2) is 5.82 Å². The number of anilines is 2. The Morgan fingerprint density at radius 3 is 2.81 bits per heavy atom. The van der Waals surface area contributed by atoms with Gasteiger partial charge in [-0.2, -0.15) is 10.4 Å². The van der Waals surface area contributed by atoms with Gasteiger partial charge in [-0.3, -0.25) is 9.48 Å². The number of aryl methyl sites for hydroxylation is 1. The van der Waals surface area contributed by atoms with E-state index >= 15 is 0 Å². The van der Waals surface area contributed by atoms with Crippen LogP contribution in [0.4, 0.5) is 11.5 Å². The predicted molar refractivity (Wildman–Crippen MR) is 119 cm³/mol. The zero-order chi connectivity index (χ0) is 22.3. The molecule has 1 aromatic heterocycles. The van der Waals surface area contributed by atoms with Crippen molar-refractivity contribution in [1.82, 2.24) is 9.78 Å². The fraction of sp³-hybridized carbons (Fsp3) is 0.409. The quantitative estimate of drug-likeness (QED) is 0.652. The molecule has 2 aromatic rings. The molecular weight excluding hydrogens is 393 g/mol. The Kier molecular flexibility index (Phi) is 5.50. The number of rotatable bonds is 4. The minimum atomic E-state index is -0.953. The molecule has 31 heavy (non-hydrogen) atoms. The zero-order valence-corrected chi connectivity index (χ0v) is 18.0. The minimum absolute atomic E-state index is 0.0691. The second kappa shape index (κ2) is 8.12. The van der Waals surface area contributed by atoms with Gasteiger partial charge in [0.2, 0.25) is 0 Å². The molecule has 2 aliphatic rings. The lowest BCUT2D eigenvalue weighted by Crippen LogP contribution is -2.28. The molecule has 1 amide bonds. The van der Waals surface area contributed by atoms with Gasteiger partial charge < -0.3 is 20.7 Å². The van der Waals surface area contributed by atoms with Crippen LogP contribution in [0.25, 0.3) is 5.57 Å². The highest BCUT2D eigenvalue weighted by Crippen LogP contribution is 2.39. The molecule has 8 nitrogen and oxygen atoms in total. The van der Waals surface area contributed by atoms with Crippen molar-refractivity contribution in [2.24, 2.45) is 11.7 Å². The number of nitrogens with zero attached hydrogens (tertiary/aromatic N) is 3. The van der Waals surface area contributed by atoms with Crippen molar-refractivity contribution in [3.63, 3.8) is 0 Å². The van der Waals surface area contributed by atoms with E-state index in [0.29, 0.717) is 11.6 Å². The van der Waals surface area contributed by atoms with Gasteiger partial charge in [-0.05, 0) is 62.4 Å². The van der Waals surface area contributed by atoms with Crippen LogP contribution in [0.5, 0.6) is 5.75 Å². The van der Waals surface area contributed by atoms with Gasteiger partial charge in [-0.1, -0.05) is 12.8 Å². The number of hydrogen-bond donors (Lipinski definition) is 3. The van der Waals surface area contributed by atoms with Crippen molar-refractivity contribution < 1.29 is 14.5 Å². The Bertz CT molecular complexity index is 1120. The summed E-state index contributed by atoms with van der Waals surface area (Å²) in [5.41, 5.74) is 10.1. The molecule has 1 unspecified atom stereocenters. The van der Waals surface area contributed by atoms with Crippen molar-refractivity contribution in [2.45, 2.75) is 52.5 Å². The maximum atomic E-state index is 12.1. The van der Waals surface area contributed by atoms with E-state index < -0.39 is 13.0 Å². The molecule has 1 aromatic carbocycles. The zero-order valence-electron chi connectivity index (χ0n) is 18.0. The highest BCUT2D eigenvalue weighted by molar-refractivity contribution is 6.55. The summed E-state index contributed by atoms with van der Waals surface area (Å²) in [4.78, 5) is 12.1. The van der Waals surface area contributed by atoms with Gasteiger partial charge in [-0.15, -0.1) is 0 Å². The summed E-state index contributed by atoms with van der Waals surface area (Å²) in [6.07, 6.45) is 5.37. The van der Waals surface area contributed by atoms with Crippen molar-refractivity contribution in [1.29, 1.82) is 5.26 Å². The molecule has 1 fully saturated rings. The van der Waals surface area contributed by atoms with Gasteiger partial charge >= 0.3 is 7.12 Å². The average molecular weight is 419 g/mol. The Hall–Kier alpha value is -3.25. The standard InChI is InChI=1S/C22H26BN5O3/c1-12-8-16(9-17-13(2)14(3)23(30)31-20(12)17)26-22-18(21(25)29)11-28(27-22)19-7-5-4-6-15(19)10-24/h8-9,11,15,19,30H,4-7H2,1-3H3,(H2,25,29)(H,26,27)/t15?,19-/m0/s1. The molecule has 2 heterocycles. The molecule has 0 bridgehead atoms. The normalized spacial score (nSPS) is 20.7. The third-order valence-corrected chi connectivity index (χ3v) is 6.37. The Morgan fingerprint density at radius 2 is 2.10 bits per heavy atom. The van der Waals surface area contributed by atoms with E-state index in [0.717, 1.165) is 53.5 Å². The van der Waals surface area contributed by atoms with Crippen LogP contribution in [0, 0.1) is 24.2 Å². The fourth-order valence-corrected chi connectivity index (χ4v) is 4.43. The Labute approximate surface area is 181 Å². The van der Waals surface area contributed by atoms with Crippen LogP contribution in [0.3, 0.4) is 0 Å². The number of amides is 1. The number of nitrogens with one attached hydrogen (secondary N) is 1. The molecule has 160 valence electrons. The summed E-state index contributed by atoms with van der Waals surface area (Å²) < 4.78 is 7.38. The van der Waals surface area contributed by atoms with Crippen LogP contribution in [-0.2, 0) is 0 Å². The fourth-order valence-electron chi connectivity index (χ4n) is 4.43. The molecule has 1 saturated carbocycles. The third-order valence-electron chi connectivity index (χ3n) is 6.37. The Balaban J connectivity index is 1.71. The highest BCUT2D eigenvalue weighted by atomic mass is 16.5. The van der Waals surface area contributed by atoms with E-state index in [1.165, 1.54) is 0 Å². The number of aromatic nitrogens is 2. The third kappa shape index (κ3) is 3.79. The van der Waals surface area contributed by atoms with Crippen molar-refractivity contribution in [3.8, 4) is 11.8 Å². The molecule has 0 saturated heterocycles. The molecular formula is C22H26BN5O3. The maximum absolute atomic E-state index is 12.1. The number of primary amides is 1. The van der Waals surface area contributed by atoms with Gasteiger partial charge in [0.25, 0.3) is 5.91 Å². The summed E-state index contributed by atoms with van der Waals surface area (Å²) in [7, 11) is -0.953. The van der Waals surface area contributed by atoms with E-state index in [4.69, 9.17) is 10.4 Å². The largest absolute Gasteiger partial charge is 0.555 e. The summed E-state index contributed by atoms with van der Waals surface area (Å²) >= 11 is 0. The average Bonchev–Trinajstić information content (AvgIpc) is 3.17. The van der Waals surface area contributed by atoms with Gasteiger partial charge in [0.1, 0.15) is 11.3 Å². The lowest BCUT2D eigenvalue weighted by molar-refractivity contribution is 0.100. The topological polar surface area (TPSA) is 126 Å². The molecule has 1 aliphatic heterocycles. The van der Waals surface area contributed by atoms with Crippen LogP contribution in [0.2, 0.25) is 0 Å². The molecule has 4 N–H and O–H groups in total. The first kappa shape index (κ1) is 21.0. The smallest absolute Gasteiger partial charge is 0.532 e. The number of nitriles is 1. The summed E-state index contributed by atoms with van der Waals surface area (Å²) in [6, 6.07) is 6.10. The predicted octanol–water partition coefficient (Wildman–Crippen LogP) is 3.49. The number of fused-ring (bicyclic) bond motifs is 1. The highest BCUT2D eigenvalue weighted by Gasteiger charge is 2.31. The van der Waals surface area contributed by atoms with Crippen LogP contribution in [0.1, 0.15) is 67.1 Å². The number of benzene rings is 1. The number of carbonyl (C=O) groups is 1. The lowest BCUT2D eigenvalue weighted by Gasteiger charge is -2.26. The first-order valence-corrected chi connectivity index (χ1v) is 10.5. The second-order valence-corrected chi connectivity index (χ2v) is 8.40. The number of allylic oxidation sites excluding steroid dienone is 2. The van der Waals surface area contributed by atoms with Crippen LogP contribution >= 0.6 is 0 Å². The second-order valence-electron chi connectivity index (χ2n) is 8.40. The molecule has 4 rings (SSSR count). The van der Waals surface area contributed by atoms with E-state index in [1.54, 1.807) is 10.9 Å². The van der Waals surface area contributed by atoms with Gasteiger partial charge in [0.05, 0.1) is 18.0 Å². The van der Waals surface area contributed by atoms with Crippen LogP contribution < -0.4 is 15.7 Å². The summed E-state index contributed by atoms with van der Waals surface area (Å²) in [6.45, 7) is 5.68. The molecule has 2 atom stereocenters. The number of nitrogens with two attached hydrogens (primary N) is 1. The first-order valence-electron chi connectivity index (χ1n) is 10.5. The molecule has 0 spiro atoms. The van der Waals surface area contributed by atoms with E-state index in [9.17, 15) is 15.1 Å². The van der Waals surface area contributed by atoms with Crippen LogP contribution in [-0.4, -0.2) is 27.8 Å². The Morgan fingerprint density at radius 1 is 1.35 bits per heavy atom. The van der Waals surface area contributed by atoms with Crippen molar-refractivity contribution in [3.05, 3.63) is 40.5 Å². The van der Waals surface area contributed by atoms with Crippen molar-refractivity contribution >= 4 is 30.1 Å². The van der Waals surface area contributed by atoms with E-state index in [2.05, 4.69) is 16.5 Å². The minimum Gasteiger partial charge on any atom is -0.532 e. The maximum Gasteiger partial charge on any atom is 0.555 e. The SMILES string of the molecule is CC1=C(C)c2cc(Nc3nn([C@H]4CCCCC4C#N)cc3C(N)=O)cc(C)c2OB1O. The summed E-state index contributed by atoms with van der Waals surface area (Å²) in [5.74, 6) is 0.295. The van der Waals surface area contributed by atoms with Crippen LogP contribution in [0.15, 0.2) is 23.8 Å². The number of carbonyl (C=O) groups excluding carboxylic acids is 1. The first-order chi connectivity index (χ1) is 14.8. The van der Waals surface area contributed by atoms with Gasteiger partial charge in [0, 0.05) is 17.4 Å². The number of hydrogen-bond acceptors (Lipinski definition) is 6. The monoisotopic (exact) mass is 419 g/mol.